The molecular weight excluding hydrogens is 760 g/mol. The number of hydrogen-bond acceptors (Lipinski definition) is 10. The number of nitrogens with one attached hydrogen (secondary N) is 5. The number of benzene rings is 2. The molecule has 1 aliphatic heterocycles. The minimum absolute atomic E-state index is 0.104. The summed E-state index contributed by atoms with van der Waals surface area (Å²) in [4.78, 5) is 61.1. The van der Waals surface area contributed by atoms with Crippen LogP contribution in [0.15, 0.2) is 73.1 Å². The molecule has 2 aromatic carbocycles. The van der Waals surface area contributed by atoms with Gasteiger partial charge in [0, 0.05) is 75.9 Å². The van der Waals surface area contributed by atoms with E-state index in [1.807, 2.05) is 44.2 Å². The summed E-state index contributed by atoms with van der Waals surface area (Å²) >= 11 is 6.88. The molecule has 1 fully saturated rings. The van der Waals surface area contributed by atoms with Gasteiger partial charge in [0.1, 0.15) is 17.0 Å². The van der Waals surface area contributed by atoms with Gasteiger partial charge in [-0.1, -0.05) is 48.0 Å². The van der Waals surface area contributed by atoms with Crippen molar-refractivity contribution in [1.82, 2.24) is 30.8 Å². The highest BCUT2D eigenvalue weighted by atomic mass is 35.5. The van der Waals surface area contributed by atoms with Crippen LogP contribution in [0.1, 0.15) is 84.6 Å². The molecule has 58 heavy (non-hydrogen) atoms. The van der Waals surface area contributed by atoms with E-state index in [1.54, 1.807) is 63.5 Å². The van der Waals surface area contributed by atoms with Gasteiger partial charge < -0.3 is 36.4 Å². The average molecular weight is 813 g/mol. The molecule has 0 aliphatic carbocycles. The van der Waals surface area contributed by atoms with E-state index in [4.69, 9.17) is 16.3 Å². The first kappa shape index (κ1) is 43.7. The molecule has 2 aromatic heterocycles. The number of amides is 4. The lowest BCUT2D eigenvalue weighted by molar-refractivity contribution is -0.121. The number of pyridine rings is 2. The van der Waals surface area contributed by atoms with Crippen molar-refractivity contribution in [3.05, 3.63) is 106 Å². The van der Waals surface area contributed by atoms with Gasteiger partial charge in [0.05, 0.1) is 16.3 Å². The maximum atomic E-state index is 13.2. The summed E-state index contributed by atoms with van der Waals surface area (Å²) in [7, 11) is 0. The Bertz CT molecular complexity index is 2070. The highest BCUT2D eigenvalue weighted by Crippen LogP contribution is 2.37. The highest BCUT2D eigenvalue weighted by Gasteiger charge is 2.31. The van der Waals surface area contributed by atoms with E-state index in [-0.39, 0.29) is 29.6 Å². The van der Waals surface area contributed by atoms with Crippen LogP contribution in [-0.2, 0) is 22.6 Å². The molecule has 0 bridgehead atoms. The average Bonchev–Trinajstić information content (AvgIpc) is 3.52. The zero-order chi connectivity index (χ0) is 41.9. The number of β-amino-alcohol motifs (C(OH)–C–C–N with tert-alkyl or cyclic N) is 1. The number of alkyl carbamates (subject to hydrolysis) is 1. The first-order valence-corrected chi connectivity index (χ1v) is 19.7. The summed E-state index contributed by atoms with van der Waals surface area (Å²) in [5.74, 6) is -0.875. The van der Waals surface area contributed by atoms with Gasteiger partial charge in [0.25, 0.3) is 11.8 Å². The van der Waals surface area contributed by atoms with Crippen LogP contribution in [0.2, 0.25) is 5.02 Å². The lowest BCUT2D eigenvalue weighted by Crippen LogP contribution is -2.34. The van der Waals surface area contributed by atoms with E-state index in [1.165, 1.54) is 0 Å². The lowest BCUT2D eigenvalue weighted by atomic mass is 9.98. The van der Waals surface area contributed by atoms with Gasteiger partial charge in [-0.2, -0.15) is 0 Å². The molecular formula is C43H53ClN8O6. The largest absolute Gasteiger partial charge is 0.444 e. The Balaban J connectivity index is 1.08. The Hall–Kier alpha value is -5.41. The fourth-order valence-corrected chi connectivity index (χ4v) is 6.66. The number of anilines is 2. The molecule has 15 heteroatoms. The Morgan fingerprint density at radius 2 is 1.48 bits per heavy atom. The second-order valence-corrected chi connectivity index (χ2v) is 16.1. The quantitative estimate of drug-likeness (QED) is 0.0725. The van der Waals surface area contributed by atoms with Crippen molar-refractivity contribution in [2.24, 2.45) is 0 Å². The van der Waals surface area contributed by atoms with E-state index >= 15 is 0 Å². The standard InChI is InChI=1S/C43H53ClN8O6/c1-28-31(32-10-7-12-34(38(32)44)51-40(55)36-17-15-30(25-49-36)26-52-22-18-43(5,57)27-52)9-6-11-33(28)50-39(54)35-16-14-29(24-48-35)23-45-20-21-46-37(53)13-8-19-47-41(56)58-42(2,3)4/h6-7,9-12,14-17,24-25,45,57H,8,13,18-23,26-27H2,1-5H3,(H,46,53)(H,47,56)(H,50,54)(H,51,55). The molecule has 308 valence electrons. The van der Waals surface area contributed by atoms with Crippen LogP contribution in [0.25, 0.3) is 11.1 Å². The smallest absolute Gasteiger partial charge is 0.407 e. The van der Waals surface area contributed by atoms with E-state index < -0.39 is 23.2 Å². The minimum Gasteiger partial charge on any atom is -0.444 e. The fourth-order valence-electron chi connectivity index (χ4n) is 6.38. The first-order chi connectivity index (χ1) is 27.6. The third-order valence-corrected chi connectivity index (χ3v) is 9.78. The van der Waals surface area contributed by atoms with E-state index in [0.717, 1.165) is 35.2 Å². The molecule has 3 heterocycles. The fraction of sp³-hybridized carbons (Fsp3) is 0.395. The number of hydrogen-bond donors (Lipinski definition) is 6. The Labute approximate surface area is 344 Å². The van der Waals surface area contributed by atoms with Crippen molar-refractivity contribution in [3.63, 3.8) is 0 Å². The maximum Gasteiger partial charge on any atom is 0.407 e. The molecule has 0 saturated carbocycles. The van der Waals surface area contributed by atoms with Crippen LogP contribution in [0.3, 0.4) is 0 Å². The molecule has 1 unspecified atom stereocenters. The van der Waals surface area contributed by atoms with Crippen LogP contribution >= 0.6 is 11.6 Å². The number of nitrogens with zero attached hydrogens (tertiary/aromatic N) is 3. The molecule has 14 nitrogen and oxygen atoms in total. The SMILES string of the molecule is Cc1c(NC(=O)c2ccc(CNCCNC(=O)CCCNC(=O)OC(C)(C)C)cn2)cccc1-c1cccc(NC(=O)c2ccc(CN3CCC(C)(O)C3)cn2)c1Cl. The normalized spacial score (nSPS) is 15.4. The summed E-state index contributed by atoms with van der Waals surface area (Å²) in [5, 5.41) is 25.2. The molecule has 0 spiro atoms. The predicted molar refractivity (Wildman–Crippen MR) is 225 cm³/mol. The molecule has 5 rings (SSSR count). The molecule has 0 radical (unpaired) electrons. The molecule has 1 saturated heterocycles. The molecule has 4 amide bonds. The van der Waals surface area contributed by atoms with Gasteiger partial charge in [-0.05, 0) is 94.0 Å². The van der Waals surface area contributed by atoms with Crippen LogP contribution in [-0.4, -0.2) is 87.7 Å². The highest BCUT2D eigenvalue weighted by molar-refractivity contribution is 6.36. The zero-order valence-corrected chi connectivity index (χ0v) is 34.5. The van der Waals surface area contributed by atoms with E-state index in [0.29, 0.717) is 67.7 Å². The number of rotatable bonds is 16. The number of halogens is 1. The van der Waals surface area contributed by atoms with E-state index in [2.05, 4.69) is 41.5 Å². The third-order valence-electron chi connectivity index (χ3n) is 9.37. The Morgan fingerprint density at radius 1 is 0.845 bits per heavy atom. The van der Waals surface area contributed by atoms with Crippen molar-refractivity contribution in [2.45, 2.75) is 78.2 Å². The number of ether oxygens (including phenoxy) is 1. The minimum atomic E-state index is -0.681. The summed E-state index contributed by atoms with van der Waals surface area (Å²) in [5.41, 5.74) is 4.32. The zero-order valence-electron chi connectivity index (χ0n) is 33.7. The van der Waals surface area contributed by atoms with Crippen LogP contribution in [0, 0.1) is 6.92 Å². The predicted octanol–water partition coefficient (Wildman–Crippen LogP) is 6.08. The lowest BCUT2D eigenvalue weighted by Gasteiger charge is -2.19. The van der Waals surface area contributed by atoms with Crippen LogP contribution in [0.4, 0.5) is 16.2 Å². The third kappa shape index (κ3) is 13.1. The summed E-state index contributed by atoms with van der Waals surface area (Å²) < 4.78 is 5.17. The Morgan fingerprint density at radius 3 is 2.10 bits per heavy atom. The van der Waals surface area contributed by atoms with Gasteiger partial charge >= 0.3 is 6.09 Å². The van der Waals surface area contributed by atoms with Gasteiger partial charge in [0.2, 0.25) is 5.91 Å². The number of aromatic nitrogens is 2. The van der Waals surface area contributed by atoms with Gasteiger partial charge in [0.15, 0.2) is 0 Å². The van der Waals surface area contributed by atoms with Crippen molar-refractivity contribution in [2.75, 3.05) is 43.4 Å². The van der Waals surface area contributed by atoms with Gasteiger partial charge in [-0.15, -0.1) is 0 Å². The number of carbonyl (C=O) groups excluding carboxylic acids is 4. The summed E-state index contributed by atoms with van der Waals surface area (Å²) in [6, 6.07) is 17.9. The number of likely N-dealkylation sites (tertiary alicyclic amines) is 1. The second kappa shape index (κ2) is 19.8. The molecule has 1 atom stereocenters. The van der Waals surface area contributed by atoms with Crippen molar-refractivity contribution in [1.29, 1.82) is 0 Å². The Kier molecular flexibility index (Phi) is 14.9. The van der Waals surface area contributed by atoms with Crippen molar-refractivity contribution in [3.8, 4) is 11.1 Å². The molecule has 6 N–H and O–H groups in total. The summed E-state index contributed by atoms with van der Waals surface area (Å²) in [6.07, 6.45) is 4.32. The van der Waals surface area contributed by atoms with Crippen molar-refractivity contribution < 1.29 is 29.0 Å². The summed E-state index contributed by atoms with van der Waals surface area (Å²) in [6.45, 7) is 13.0. The topological polar surface area (TPSA) is 187 Å². The molecule has 1 aliphatic rings. The van der Waals surface area contributed by atoms with Gasteiger partial charge in [-0.3, -0.25) is 29.3 Å². The monoisotopic (exact) mass is 812 g/mol. The molecule has 4 aromatic rings. The van der Waals surface area contributed by atoms with Gasteiger partial charge in [-0.25, -0.2) is 4.79 Å². The van der Waals surface area contributed by atoms with Crippen LogP contribution < -0.4 is 26.6 Å². The number of carbonyl (C=O) groups is 4. The van der Waals surface area contributed by atoms with Crippen molar-refractivity contribution >= 4 is 46.8 Å². The maximum absolute atomic E-state index is 13.2. The van der Waals surface area contributed by atoms with E-state index in [9.17, 15) is 24.3 Å². The number of aliphatic hydroxyl groups is 1. The first-order valence-electron chi connectivity index (χ1n) is 19.4. The van der Waals surface area contributed by atoms with Crippen LogP contribution in [0.5, 0.6) is 0 Å². The second-order valence-electron chi connectivity index (χ2n) is 15.7.